The second kappa shape index (κ2) is 8.51. The van der Waals surface area contributed by atoms with Gasteiger partial charge in [0.15, 0.2) is 5.76 Å². The van der Waals surface area contributed by atoms with Crippen LogP contribution in [0.25, 0.3) is 0 Å². The van der Waals surface area contributed by atoms with Crippen LogP contribution in [-0.2, 0) is 6.42 Å². The predicted octanol–water partition coefficient (Wildman–Crippen LogP) is 2.57. The highest BCUT2D eigenvalue weighted by molar-refractivity contribution is 5.91. The lowest BCUT2D eigenvalue weighted by atomic mass is 10.0. The van der Waals surface area contributed by atoms with E-state index in [1.165, 1.54) is 18.4 Å². The van der Waals surface area contributed by atoms with Crippen LogP contribution in [0.5, 0.6) is 0 Å². The van der Waals surface area contributed by atoms with Gasteiger partial charge in [0.25, 0.3) is 5.91 Å². The van der Waals surface area contributed by atoms with Gasteiger partial charge in [-0.05, 0) is 49.1 Å². The highest BCUT2D eigenvalue weighted by atomic mass is 19.1. The van der Waals surface area contributed by atoms with E-state index in [0.29, 0.717) is 44.7 Å². The van der Waals surface area contributed by atoms with Crippen LogP contribution < -0.4 is 10.6 Å². The van der Waals surface area contributed by atoms with Gasteiger partial charge >= 0.3 is 6.03 Å². The molecule has 0 bridgehead atoms. The van der Waals surface area contributed by atoms with Crippen LogP contribution in [-0.4, -0.2) is 42.5 Å². The number of furan rings is 1. The standard InChI is InChI=1S/C19H22FN3O3/c20-15-4-1-3-14(13-15)6-9-21-19(25)22-16-7-10-23(11-8-16)18(24)17-5-2-12-26-17/h1-5,12-13,16H,6-11H2,(H2,21,22,25). The normalized spacial score (nSPS) is 14.9. The number of benzene rings is 1. The molecule has 3 amide bonds. The second-order valence-electron chi connectivity index (χ2n) is 6.32. The average molecular weight is 359 g/mol. The van der Waals surface area contributed by atoms with Gasteiger partial charge in [0.2, 0.25) is 0 Å². The van der Waals surface area contributed by atoms with E-state index >= 15 is 0 Å². The van der Waals surface area contributed by atoms with Crippen molar-refractivity contribution in [3.63, 3.8) is 0 Å². The highest BCUT2D eigenvalue weighted by Crippen LogP contribution is 2.14. The number of piperidine rings is 1. The molecule has 6 nitrogen and oxygen atoms in total. The minimum absolute atomic E-state index is 0.0322. The lowest BCUT2D eigenvalue weighted by Crippen LogP contribution is -2.49. The molecule has 0 spiro atoms. The molecule has 1 saturated heterocycles. The third-order valence-electron chi connectivity index (χ3n) is 4.44. The summed E-state index contributed by atoms with van der Waals surface area (Å²) in [5.74, 6) is -0.0534. The maximum Gasteiger partial charge on any atom is 0.315 e. The summed E-state index contributed by atoms with van der Waals surface area (Å²) in [6, 6.07) is 9.48. The van der Waals surface area contributed by atoms with Gasteiger partial charge in [-0.3, -0.25) is 4.79 Å². The van der Waals surface area contributed by atoms with Gasteiger partial charge in [-0.15, -0.1) is 0 Å². The Bertz CT molecular complexity index is 740. The van der Waals surface area contributed by atoms with Crippen LogP contribution >= 0.6 is 0 Å². The zero-order valence-corrected chi connectivity index (χ0v) is 14.4. The number of carbonyl (C=O) groups excluding carboxylic acids is 2. The van der Waals surface area contributed by atoms with Crippen LogP contribution in [0.2, 0.25) is 0 Å². The maximum absolute atomic E-state index is 13.1. The van der Waals surface area contributed by atoms with Crippen LogP contribution in [0.3, 0.4) is 0 Å². The molecular weight excluding hydrogens is 337 g/mol. The van der Waals surface area contributed by atoms with Crippen molar-refractivity contribution in [3.05, 3.63) is 59.8 Å². The Morgan fingerprint density at radius 2 is 2.00 bits per heavy atom. The van der Waals surface area contributed by atoms with Gasteiger partial charge in [-0.2, -0.15) is 0 Å². The summed E-state index contributed by atoms with van der Waals surface area (Å²) in [7, 11) is 0. The van der Waals surface area contributed by atoms with Crippen molar-refractivity contribution < 1.29 is 18.4 Å². The summed E-state index contributed by atoms with van der Waals surface area (Å²) in [5.41, 5.74) is 0.843. The van der Waals surface area contributed by atoms with Crippen molar-refractivity contribution in [2.45, 2.75) is 25.3 Å². The zero-order chi connectivity index (χ0) is 18.4. The molecule has 3 rings (SSSR count). The van der Waals surface area contributed by atoms with Crippen molar-refractivity contribution in [2.75, 3.05) is 19.6 Å². The first-order chi connectivity index (χ1) is 12.6. The van der Waals surface area contributed by atoms with E-state index in [4.69, 9.17) is 4.42 Å². The molecule has 138 valence electrons. The molecule has 26 heavy (non-hydrogen) atoms. The molecule has 0 aliphatic carbocycles. The Kier molecular flexibility index (Phi) is 5.88. The lowest BCUT2D eigenvalue weighted by molar-refractivity contribution is 0.0676. The summed E-state index contributed by atoms with van der Waals surface area (Å²) in [4.78, 5) is 25.9. The SMILES string of the molecule is O=C(NCCc1cccc(F)c1)NC1CCN(C(=O)c2ccco2)CC1. The summed E-state index contributed by atoms with van der Waals surface area (Å²) >= 11 is 0. The zero-order valence-electron chi connectivity index (χ0n) is 14.4. The van der Waals surface area contributed by atoms with E-state index in [0.717, 1.165) is 5.56 Å². The van der Waals surface area contributed by atoms with E-state index in [1.807, 2.05) is 6.07 Å². The molecule has 0 saturated carbocycles. The molecule has 0 atom stereocenters. The first kappa shape index (κ1) is 18.0. The van der Waals surface area contributed by atoms with Gasteiger partial charge in [0.05, 0.1) is 6.26 Å². The fourth-order valence-electron chi connectivity index (χ4n) is 3.03. The Morgan fingerprint density at radius 3 is 2.69 bits per heavy atom. The Labute approximate surface area is 151 Å². The van der Waals surface area contributed by atoms with Crippen molar-refractivity contribution in [1.29, 1.82) is 0 Å². The Morgan fingerprint density at radius 1 is 1.19 bits per heavy atom. The fraction of sp³-hybridized carbons (Fsp3) is 0.368. The molecule has 1 aliphatic rings. The number of nitrogens with zero attached hydrogens (tertiary/aromatic N) is 1. The van der Waals surface area contributed by atoms with E-state index in [2.05, 4.69) is 10.6 Å². The van der Waals surface area contributed by atoms with E-state index in [1.54, 1.807) is 23.1 Å². The van der Waals surface area contributed by atoms with Crippen LogP contribution in [0, 0.1) is 5.82 Å². The number of likely N-dealkylation sites (tertiary alicyclic amines) is 1. The van der Waals surface area contributed by atoms with Gasteiger partial charge in [0.1, 0.15) is 5.82 Å². The monoisotopic (exact) mass is 359 g/mol. The van der Waals surface area contributed by atoms with Gasteiger partial charge in [0, 0.05) is 25.7 Å². The number of rotatable bonds is 5. The van der Waals surface area contributed by atoms with Crippen molar-refractivity contribution in [2.24, 2.45) is 0 Å². The number of amides is 3. The minimum atomic E-state index is -0.275. The molecule has 7 heteroatoms. The van der Waals surface area contributed by atoms with Crippen molar-refractivity contribution in [3.8, 4) is 0 Å². The smallest absolute Gasteiger partial charge is 0.315 e. The van der Waals surface area contributed by atoms with E-state index in [-0.39, 0.29) is 23.8 Å². The summed E-state index contributed by atoms with van der Waals surface area (Å²) in [6.07, 6.45) is 3.45. The van der Waals surface area contributed by atoms with Crippen molar-refractivity contribution in [1.82, 2.24) is 15.5 Å². The van der Waals surface area contributed by atoms with Crippen LogP contribution in [0.4, 0.5) is 9.18 Å². The maximum atomic E-state index is 13.1. The Hall–Kier alpha value is -2.83. The number of halogens is 1. The summed E-state index contributed by atoms with van der Waals surface area (Å²) < 4.78 is 18.2. The third-order valence-corrected chi connectivity index (χ3v) is 4.44. The molecule has 1 aliphatic heterocycles. The van der Waals surface area contributed by atoms with Crippen LogP contribution in [0.15, 0.2) is 47.1 Å². The number of hydrogen-bond acceptors (Lipinski definition) is 3. The van der Waals surface area contributed by atoms with E-state index < -0.39 is 0 Å². The number of urea groups is 1. The van der Waals surface area contributed by atoms with Gasteiger partial charge < -0.3 is 20.0 Å². The fourth-order valence-corrected chi connectivity index (χ4v) is 3.03. The molecular formula is C19H22FN3O3. The van der Waals surface area contributed by atoms with Crippen LogP contribution in [0.1, 0.15) is 29.0 Å². The first-order valence-electron chi connectivity index (χ1n) is 8.73. The average Bonchev–Trinajstić information content (AvgIpc) is 3.16. The number of carbonyl (C=O) groups is 2. The highest BCUT2D eigenvalue weighted by Gasteiger charge is 2.25. The predicted molar refractivity (Wildman–Crippen MR) is 94.3 cm³/mol. The van der Waals surface area contributed by atoms with E-state index in [9.17, 15) is 14.0 Å². The van der Waals surface area contributed by atoms with Gasteiger partial charge in [-0.1, -0.05) is 12.1 Å². The number of hydrogen-bond donors (Lipinski definition) is 2. The molecule has 2 aromatic rings. The minimum Gasteiger partial charge on any atom is -0.459 e. The molecule has 1 fully saturated rings. The molecule has 0 unspecified atom stereocenters. The lowest BCUT2D eigenvalue weighted by Gasteiger charge is -2.31. The van der Waals surface area contributed by atoms with Gasteiger partial charge in [-0.25, -0.2) is 9.18 Å². The molecule has 1 aromatic heterocycles. The van der Waals surface area contributed by atoms with Crippen molar-refractivity contribution >= 4 is 11.9 Å². The molecule has 1 aromatic carbocycles. The molecule has 2 heterocycles. The quantitative estimate of drug-likeness (QED) is 0.862. The summed E-state index contributed by atoms with van der Waals surface area (Å²) in [6.45, 7) is 1.59. The third kappa shape index (κ3) is 4.84. The second-order valence-corrected chi connectivity index (χ2v) is 6.32. The first-order valence-corrected chi connectivity index (χ1v) is 8.73. The largest absolute Gasteiger partial charge is 0.459 e. The molecule has 0 radical (unpaired) electrons. The Balaban J connectivity index is 1.36. The number of nitrogens with one attached hydrogen (secondary N) is 2. The topological polar surface area (TPSA) is 74.6 Å². The molecule has 2 N–H and O–H groups in total. The summed E-state index contributed by atoms with van der Waals surface area (Å²) in [5, 5.41) is 5.71.